The number of hydrazine groups is 1. The summed E-state index contributed by atoms with van der Waals surface area (Å²) in [5, 5.41) is 11.7. The van der Waals surface area contributed by atoms with Gasteiger partial charge in [-0.3, -0.25) is 4.79 Å². The fourth-order valence-electron chi connectivity index (χ4n) is 3.83. The van der Waals surface area contributed by atoms with Crippen LogP contribution in [-0.4, -0.2) is 48.4 Å². The third-order valence-electron chi connectivity index (χ3n) is 5.52. The molecule has 2 unspecified atom stereocenters. The second kappa shape index (κ2) is 8.84. The van der Waals surface area contributed by atoms with Crippen molar-refractivity contribution in [1.82, 2.24) is 21.0 Å². The van der Waals surface area contributed by atoms with E-state index in [0.29, 0.717) is 25.3 Å². The van der Waals surface area contributed by atoms with E-state index in [2.05, 4.69) is 31.3 Å². The van der Waals surface area contributed by atoms with Gasteiger partial charge in [-0.2, -0.15) is 0 Å². The van der Waals surface area contributed by atoms with Gasteiger partial charge in [0.1, 0.15) is 11.8 Å². The van der Waals surface area contributed by atoms with Crippen LogP contribution in [0.25, 0.3) is 11.3 Å². The zero-order chi connectivity index (χ0) is 21.0. The molecule has 2 aliphatic heterocycles. The number of nitrogens with zero attached hydrogens (tertiary/aromatic N) is 3. The van der Waals surface area contributed by atoms with E-state index >= 15 is 0 Å². The van der Waals surface area contributed by atoms with Gasteiger partial charge in [-0.05, 0) is 42.8 Å². The first-order chi connectivity index (χ1) is 15.3. The molecule has 0 radical (unpaired) electrons. The first-order valence-electron chi connectivity index (χ1n) is 10.4. The lowest BCUT2D eigenvalue weighted by Crippen LogP contribution is -2.39. The van der Waals surface area contributed by atoms with E-state index in [1.807, 2.05) is 48.5 Å². The SMILES string of the molecule is O=C(Nc1cccc(-c2ccc(N3CCOCC3)nn2)c1)C1CC(c2ccco2)NN1. The van der Waals surface area contributed by atoms with Crippen molar-refractivity contribution in [1.29, 1.82) is 0 Å². The van der Waals surface area contributed by atoms with Crippen LogP contribution in [0, 0.1) is 0 Å². The van der Waals surface area contributed by atoms with Crippen molar-refractivity contribution < 1.29 is 13.9 Å². The maximum absolute atomic E-state index is 12.7. The number of aromatic nitrogens is 2. The van der Waals surface area contributed by atoms with E-state index in [9.17, 15) is 4.79 Å². The Bertz CT molecular complexity index is 1020. The monoisotopic (exact) mass is 420 g/mol. The van der Waals surface area contributed by atoms with Gasteiger partial charge >= 0.3 is 0 Å². The Labute approximate surface area is 179 Å². The third-order valence-corrected chi connectivity index (χ3v) is 5.52. The molecule has 31 heavy (non-hydrogen) atoms. The minimum Gasteiger partial charge on any atom is -0.468 e. The highest BCUT2D eigenvalue weighted by molar-refractivity contribution is 5.95. The van der Waals surface area contributed by atoms with E-state index in [1.54, 1.807) is 6.26 Å². The molecule has 0 saturated carbocycles. The van der Waals surface area contributed by atoms with Crippen molar-refractivity contribution in [3.8, 4) is 11.3 Å². The van der Waals surface area contributed by atoms with Crippen LogP contribution < -0.4 is 21.1 Å². The van der Waals surface area contributed by atoms with Crippen LogP contribution in [0.15, 0.2) is 59.2 Å². The number of nitrogens with one attached hydrogen (secondary N) is 3. The molecule has 2 saturated heterocycles. The van der Waals surface area contributed by atoms with Crippen LogP contribution in [0.2, 0.25) is 0 Å². The molecule has 5 rings (SSSR count). The van der Waals surface area contributed by atoms with Gasteiger partial charge in [0, 0.05) is 24.3 Å². The van der Waals surface area contributed by atoms with Crippen LogP contribution in [-0.2, 0) is 9.53 Å². The number of carbonyl (C=O) groups excluding carboxylic acids is 1. The number of ether oxygens (including phenoxy) is 1. The minimum atomic E-state index is -0.355. The number of anilines is 2. The van der Waals surface area contributed by atoms with Gasteiger partial charge in [-0.25, -0.2) is 10.9 Å². The zero-order valence-corrected chi connectivity index (χ0v) is 17.0. The number of amides is 1. The Morgan fingerprint density at radius 3 is 2.74 bits per heavy atom. The third kappa shape index (κ3) is 4.43. The molecule has 2 aliphatic rings. The summed E-state index contributed by atoms with van der Waals surface area (Å²) in [5.74, 6) is 1.55. The highest BCUT2D eigenvalue weighted by atomic mass is 16.5. The van der Waals surface area contributed by atoms with Gasteiger partial charge in [0.25, 0.3) is 0 Å². The molecular formula is C22H24N6O3. The number of hydrogen-bond acceptors (Lipinski definition) is 8. The average molecular weight is 420 g/mol. The number of morpholine rings is 1. The predicted molar refractivity (Wildman–Crippen MR) is 115 cm³/mol. The summed E-state index contributed by atoms with van der Waals surface area (Å²) in [4.78, 5) is 14.9. The molecule has 9 nitrogen and oxygen atoms in total. The minimum absolute atomic E-state index is 0.0302. The van der Waals surface area contributed by atoms with Crippen molar-refractivity contribution >= 4 is 17.4 Å². The van der Waals surface area contributed by atoms with Crippen molar-refractivity contribution in [2.75, 3.05) is 36.5 Å². The normalized spacial score (nSPS) is 21.2. The highest BCUT2D eigenvalue weighted by Gasteiger charge is 2.31. The molecule has 0 bridgehead atoms. The Balaban J connectivity index is 1.23. The molecule has 3 N–H and O–H groups in total. The Morgan fingerprint density at radius 2 is 1.97 bits per heavy atom. The molecule has 0 aliphatic carbocycles. The molecule has 1 amide bonds. The van der Waals surface area contributed by atoms with Crippen LogP contribution in [0.1, 0.15) is 18.2 Å². The second-order valence-corrected chi connectivity index (χ2v) is 7.59. The molecule has 2 atom stereocenters. The molecule has 2 fully saturated rings. The quantitative estimate of drug-likeness (QED) is 0.577. The van der Waals surface area contributed by atoms with E-state index in [0.717, 1.165) is 35.9 Å². The molecule has 2 aromatic heterocycles. The van der Waals surface area contributed by atoms with Gasteiger partial charge in [-0.1, -0.05) is 12.1 Å². The van der Waals surface area contributed by atoms with E-state index < -0.39 is 0 Å². The lowest BCUT2D eigenvalue weighted by Gasteiger charge is -2.27. The maximum Gasteiger partial charge on any atom is 0.242 e. The average Bonchev–Trinajstić information content (AvgIpc) is 3.52. The zero-order valence-electron chi connectivity index (χ0n) is 17.0. The van der Waals surface area contributed by atoms with Gasteiger partial charge in [0.2, 0.25) is 5.91 Å². The Kier molecular flexibility index (Phi) is 5.61. The molecular weight excluding hydrogens is 396 g/mol. The first kappa shape index (κ1) is 19.7. The summed E-state index contributed by atoms with van der Waals surface area (Å²) in [7, 11) is 0. The number of hydrogen-bond donors (Lipinski definition) is 3. The van der Waals surface area contributed by atoms with Crippen molar-refractivity contribution in [3.63, 3.8) is 0 Å². The summed E-state index contributed by atoms with van der Waals surface area (Å²) in [6.45, 7) is 3.05. The Morgan fingerprint density at radius 1 is 1.06 bits per heavy atom. The maximum atomic E-state index is 12.7. The molecule has 0 spiro atoms. The second-order valence-electron chi connectivity index (χ2n) is 7.59. The molecule has 1 aromatic carbocycles. The van der Waals surface area contributed by atoms with Gasteiger partial charge in [0.05, 0.1) is 31.2 Å². The summed E-state index contributed by atoms with van der Waals surface area (Å²) < 4.78 is 10.8. The number of carbonyl (C=O) groups is 1. The standard InChI is InChI=1S/C22H24N6O3/c29-22(19-14-18(25-26-19)20-5-2-10-31-20)23-16-4-1-3-15(13-16)17-6-7-21(27-24-17)28-8-11-30-12-9-28/h1-7,10,13,18-19,25-26H,8-9,11-12,14H2,(H,23,29). The largest absolute Gasteiger partial charge is 0.468 e. The van der Waals surface area contributed by atoms with E-state index in [4.69, 9.17) is 9.15 Å². The smallest absolute Gasteiger partial charge is 0.242 e. The van der Waals surface area contributed by atoms with Gasteiger partial charge < -0.3 is 19.4 Å². The fraction of sp³-hybridized carbons (Fsp3) is 0.318. The van der Waals surface area contributed by atoms with Gasteiger partial charge in [0.15, 0.2) is 5.82 Å². The lowest BCUT2D eigenvalue weighted by atomic mass is 10.1. The first-order valence-corrected chi connectivity index (χ1v) is 10.4. The van der Waals surface area contributed by atoms with Crippen LogP contribution in [0.4, 0.5) is 11.5 Å². The molecule has 4 heterocycles. The van der Waals surface area contributed by atoms with Crippen LogP contribution >= 0.6 is 0 Å². The summed E-state index contributed by atoms with van der Waals surface area (Å²) in [6.07, 6.45) is 2.24. The number of benzene rings is 1. The summed E-state index contributed by atoms with van der Waals surface area (Å²) >= 11 is 0. The van der Waals surface area contributed by atoms with Crippen LogP contribution in [0.5, 0.6) is 0 Å². The number of rotatable bonds is 5. The van der Waals surface area contributed by atoms with E-state index in [-0.39, 0.29) is 18.0 Å². The Hall–Kier alpha value is -3.27. The highest BCUT2D eigenvalue weighted by Crippen LogP contribution is 2.25. The molecule has 9 heteroatoms. The van der Waals surface area contributed by atoms with Crippen molar-refractivity contribution in [2.45, 2.75) is 18.5 Å². The summed E-state index contributed by atoms with van der Waals surface area (Å²) in [5.41, 5.74) is 8.51. The van der Waals surface area contributed by atoms with Crippen molar-refractivity contribution in [3.05, 3.63) is 60.6 Å². The number of furan rings is 1. The van der Waals surface area contributed by atoms with Crippen molar-refractivity contribution in [2.24, 2.45) is 0 Å². The van der Waals surface area contributed by atoms with Gasteiger partial charge in [-0.15, -0.1) is 10.2 Å². The molecule has 160 valence electrons. The topological polar surface area (TPSA) is 105 Å². The summed E-state index contributed by atoms with van der Waals surface area (Å²) in [6, 6.07) is 14.9. The van der Waals surface area contributed by atoms with E-state index in [1.165, 1.54) is 0 Å². The fourth-order valence-corrected chi connectivity index (χ4v) is 3.83. The molecule has 3 aromatic rings. The predicted octanol–water partition coefficient (Wildman–Crippen LogP) is 2.12. The van der Waals surface area contributed by atoms with Crippen LogP contribution in [0.3, 0.4) is 0 Å². The lowest BCUT2D eigenvalue weighted by molar-refractivity contribution is -0.117.